The number of ether oxygens (including phenoxy) is 1. The van der Waals surface area contributed by atoms with E-state index in [1.165, 1.54) is 5.56 Å². The van der Waals surface area contributed by atoms with Crippen molar-refractivity contribution in [3.63, 3.8) is 0 Å². The normalized spacial score (nSPS) is 16.8. The third kappa shape index (κ3) is 5.36. The Hall–Kier alpha value is -1.59. The third-order valence-electron chi connectivity index (χ3n) is 3.98. The van der Waals surface area contributed by atoms with Crippen LogP contribution in [0, 0.1) is 0 Å². The highest BCUT2D eigenvalue weighted by Gasteiger charge is 2.16. The molecule has 0 amide bonds. The van der Waals surface area contributed by atoms with E-state index in [4.69, 9.17) is 9.84 Å². The van der Waals surface area contributed by atoms with Crippen molar-refractivity contribution < 1.29 is 14.6 Å². The molecule has 1 aromatic rings. The Morgan fingerprint density at radius 2 is 1.67 bits per heavy atom. The maximum absolute atomic E-state index is 10.6. The summed E-state index contributed by atoms with van der Waals surface area (Å²) in [6.07, 6.45) is 1.28. The smallest absolute Gasteiger partial charge is 0.304 e. The van der Waals surface area contributed by atoms with Crippen molar-refractivity contribution in [2.75, 3.05) is 46.4 Å². The van der Waals surface area contributed by atoms with Crippen LogP contribution in [-0.4, -0.2) is 67.3 Å². The van der Waals surface area contributed by atoms with Gasteiger partial charge in [-0.05, 0) is 24.1 Å². The van der Waals surface area contributed by atoms with E-state index in [9.17, 15) is 4.79 Å². The zero-order chi connectivity index (χ0) is 15.1. The number of carboxylic acid groups (broad SMARTS) is 1. The molecule has 1 aromatic carbocycles. The molecule has 1 heterocycles. The minimum Gasteiger partial charge on any atom is -0.497 e. The van der Waals surface area contributed by atoms with Gasteiger partial charge in [0.15, 0.2) is 0 Å². The van der Waals surface area contributed by atoms with Gasteiger partial charge in [0, 0.05) is 39.3 Å². The molecule has 1 N–H and O–H groups in total. The van der Waals surface area contributed by atoms with Gasteiger partial charge in [0.05, 0.1) is 13.5 Å². The molecule has 116 valence electrons. The Kier molecular flexibility index (Phi) is 6.02. The molecular formula is C16H24N2O3. The van der Waals surface area contributed by atoms with Crippen molar-refractivity contribution in [1.82, 2.24) is 9.80 Å². The maximum atomic E-state index is 10.6. The molecule has 0 radical (unpaired) electrons. The lowest BCUT2D eigenvalue weighted by Crippen LogP contribution is -2.47. The van der Waals surface area contributed by atoms with E-state index in [0.29, 0.717) is 6.54 Å². The van der Waals surface area contributed by atoms with Gasteiger partial charge in [-0.25, -0.2) is 0 Å². The molecule has 21 heavy (non-hydrogen) atoms. The van der Waals surface area contributed by atoms with Crippen molar-refractivity contribution in [1.29, 1.82) is 0 Å². The molecule has 0 unspecified atom stereocenters. The quantitative estimate of drug-likeness (QED) is 0.821. The first kappa shape index (κ1) is 15.8. The number of nitrogens with zero attached hydrogens (tertiary/aromatic N) is 2. The fourth-order valence-corrected chi connectivity index (χ4v) is 2.57. The molecule has 0 atom stereocenters. The predicted octanol–water partition coefficient (Wildman–Crippen LogP) is 1.33. The Balaban J connectivity index is 1.67. The van der Waals surface area contributed by atoms with E-state index in [2.05, 4.69) is 21.9 Å². The van der Waals surface area contributed by atoms with Gasteiger partial charge in [-0.15, -0.1) is 0 Å². The summed E-state index contributed by atoms with van der Waals surface area (Å²) in [5.74, 6) is 0.183. The molecular weight excluding hydrogens is 268 g/mol. The lowest BCUT2D eigenvalue weighted by molar-refractivity contribution is -0.137. The number of rotatable bonds is 7. The van der Waals surface area contributed by atoms with Crippen molar-refractivity contribution in [2.45, 2.75) is 12.8 Å². The van der Waals surface area contributed by atoms with Gasteiger partial charge in [-0.1, -0.05) is 12.1 Å². The van der Waals surface area contributed by atoms with Gasteiger partial charge in [-0.3, -0.25) is 4.79 Å². The molecule has 1 saturated heterocycles. The Labute approximate surface area is 126 Å². The lowest BCUT2D eigenvalue weighted by atomic mass is 10.1. The van der Waals surface area contributed by atoms with Gasteiger partial charge >= 0.3 is 5.97 Å². The predicted molar refractivity (Wildman–Crippen MR) is 81.8 cm³/mol. The summed E-state index contributed by atoms with van der Waals surface area (Å²) in [7, 11) is 1.68. The van der Waals surface area contributed by atoms with E-state index in [1.807, 2.05) is 12.1 Å². The van der Waals surface area contributed by atoms with Crippen LogP contribution < -0.4 is 4.74 Å². The number of carbonyl (C=O) groups is 1. The summed E-state index contributed by atoms with van der Waals surface area (Å²) in [6, 6.07) is 8.22. The van der Waals surface area contributed by atoms with Crippen LogP contribution in [0.3, 0.4) is 0 Å². The van der Waals surface area contributed by atoms with E-state index < -0.39 is 5.97 Å². The van der Waals surface area contributed by atoms with Gasteiger partial charge in [-0.2, -0.15) is 0 Å². The zero-order valence-corrected chi connectivity index (χ0v) is 12.6. The monoisotopic (exact) mass is 292 g/mol. The minimum absolute atomic E-state index is 0.242. The molecule has 1 fully saturated rings. The number of benzene rings is 1. The highest BCUT2D eigenvalue weighted by Crippen LogP contribution is 2.12. The number of carboxylic acids is 1. The van der Waals surface area contributed by atoms with Gasteiger partial charge < -0.3 is 19.6 Å². The van der Waals surface area contributed by atoms with Gasteiger partial charge in [0.2, 0.25) is 0 Å². The summed E-state index contributed by atoms with van der Waals surface area (Å²) >= 11 is 0. The molecule has 1 aliphatic heterocycles. The zero-order valence-electron chi connectivity index (χ0n) is 12.6. The highest BCUT2D eigenvalue weighted by atomic mass is 16.5. The van der Waals surface area contributed by atoms with Crippen molar-refractivity contribution in [3.05, 3.63) is 29.8 Å². The number of methoxy groups -OCH3 is 1. The van der Waals surface area contributed by atoms with E-state index >= 15 is 0 Å². The standard InChI is InChI=1S/C16H24N2O3/c1-21-15-4-2-14(3-5-15)6-8-17-10-12-18(13-11-17)9-7-16(19)20/h2-5H,6-13H2,1H3,(H,19,20). The largest absolute Gasteiger partial charge is 0.497 e. The summed E-state index contributed by atoms with van der Waals surface area (Å²) in [6.45, 7) is 5.71. The number of aliphatic carboxylic acids is 1. The van der Waals surface area contributed by atoms with E-state index in [1.54, 1.807) is 7.11 Å². The highest BCUT2D eigenvalue weighted by molar-refractivity contribution is 5.66. The molecule has 0 bridgehead atoms. The first-order valence-corrected chi connectivity index (χ1v) is 7.47. The van der Waals surface area contributed by atoms with Crippen LogP contribution in [0.4, 0.5) is 0 Å². The van der Waals surface area contributed by atoms with Gasteiger partial charge in [0.1, 0.15) is 5.75 Å². The fourth-order valence-electron chi connectivity index (χ4n) is 2.57. The van der Waals surface area contributed by atoms with Crippen LogP contribution in [0.1, 0.15) is 12.0 Å². The van der Waals surface area contributed by atoms with Crippen LogP contribution >= 0.6 is 0 Å². The van der Waals surface area contributed by atoms with Crippen molar-refractivity contribution in [2.24, 2.45) is 0 Å². The Morgan fingerprint density at radius 1 is 1.10 bits per heavy atom. The summed E-state index contributed by atoms with van der Waals surface area (Å²) in [5.41, 5.74) is 1.32. The minimum atomic E-state index is -0.711. The maximum Gasteiger partial charge on any atom is 0.304 e. The van der Waals surface area contributed by atoms with E-state index in [-0.39, 0.29) is 6.42 Å². The molecule has 0 aromatic heterocycles. The molecule has 1 aliphatic rings. The second-order valence-corrected chi connectivity index (χ2v) is 5.43. The van der Waals surface area contributed by atoms with Crippen LogP contribution in [0.5, 0.6) is 5.75 Å². The first-order chi connectivity index (χ1) is 10.2. The second kappa shape index (κ2) is 8.00. The Bertz CT molecular complexity index is 439. The number of piperazine rings is 1. The number of hydrogen-bond donors (Lipinski definition) is 1. The van der Waals surface area contributed by atoms with Crippen LogP contribution in [-0.2, 0) is 11.2 Å². The first-order valence-electron chi connectivity index (χ1n) is 7.47. The van der Waals surface area contributed by atoms with Crippen molar-refractivity contribution >= 4 is 5.97 Å². The average molecular weight is 292 g/mol. The van der Waals surface area contributed by atoms with Crippen LogP contribution in [0.25, 0.3) is 0 Å². The molecule has 5 heteroatoms. The van der Waals surface area contributed by atoms with E-state index in [0.717, 1.165) is 44.9 Å². The molecule has 0 spiro atoms. The summed E-state index contributed by atoms with van der Waals surface area (Å²) in [4.78, 5) is 15.2. The van der Waals surface area contributed by atoms with Crippen LogP contribution in [0.2, 0.25) is 0 Å². The molecule has 0 aliphatic carbocycles. The molecule has 2 rings (SSSR count). The number of hydrogen-bond acceptors (Lipinski definition) is 4. The SMILES string of the molecule is COc1ccc(CCN2CCN(CCC(=O)O)CC2)cc1. The topological polar surface area (TPSA) is 53.0 Å². The molecule has 0 saturated carbocycles. The second-order valence-electron chi connectivity index (χ2n) is 5.43. The Morgan fingerprint density at radius 3 is 2.19 bits per heavy atom. The summed E-state index contributed by atoms with van der Waals surface area (Å²) in [5, 5.41) is 8.70. The third-order valence-corrected chi connectivity index (χ3v) is 3.98. The van der Waals surface area contributed by atoms with Crippen molar-refractivity contribution in [3.8, 4) is 5.75 Å². The fraction of sp³-hybridized carbons (Fsp3) is 0.562. The lowest BCUT2D eigenvalue weighted by Gasteiger charge is -2.34. The summed E-state index contributed by atoms with van der Waals surface area (Å²) < 4.78 is 5.16. The average Bonchev–Trinajstić information content (AvgIpc) is 2.52. The molecule has 5 nitrogen and oxygen atoms in total. The van der Waals surface area contributed by atoms with Gasteiger partial charge in [0.25, 0.3) is 0 Å². The van der Waals surface area contributed by atoms with Crippen LogP contribution in [0.15, 0.2) is 24.3 Å².